The molecule has 0 bridgehead atoms. The maximum atomic E-state index is 12.7. The molecule has 1 atom stereocenters. The maximum absolute atomic E-state index is 12.7. The van der Waals surface area contributed by atoms with Gasteiger partial charge in [-0.2, -0.15) is 23.3 Å². The summed E-state index contributed by atoms with van der Waals surface area (Å²) in [6.07, 6.45) is -4.58. The lowest BCUT2D eigenvalue weighted by Crippen LogP contribution is -2.31. The number of hydrazone groups is 1. The Balaban J connectivity index is 2.49. The number of amides is 1. The van der Waals surface area contributed by atoms with Gasteiger partial charge in [-0.3, -0.25) is 4.79 Å². The van der Waals surface area contributed by atoms with Gasteiger partial charge in [0, 0.05) is 0 Å². The van der Waals surface area contributed by atoms with Crippen LogP contribution in [0.25, 0.3) is 0 Å². The van der Waals surface area contributed by atoms with Gasteiger partial charge in [0.1, 0.15) is 0 Å². The molecule has 19 heavy (non-hydrogen) atoms. The molecule has 0 radical (unpaired) electrons. The predicted molar refractivity (Wildman–Crippen MR) is 66.1 cm³/mol. The van der Waals surface area contributed by atoms with Gasteiger partial charge in [0.05, 0.1) is 11.6 Å². The van der Waals surface area contributed by atoms with E-state index in [1.807, 2.05) is 6.07 Å². The summed E-state index contributed by atoms with van der Waals surface area (Å²) in [4.78, 5) is 11.9. The number of carbonyl (C=O) groups excluding carboxylic acids is 1. The predicted octanol–water partition coefficient (Wildman–Crippen LogP) is 3.20. The molecular weight excluding hydrogens is 257 g/mol. The lowest BCUT2D eigenvalue weighted by Gasteiger charge is -2.15. The maximum Gasteiger partial charge on any atom is 0.432 e. The first-order valence-corrected chi connectivity index (χ1v) is 5.78. The number of benzene rings is 1. The lowest BCUT2D eigenvalue weighted by atomic mass is 10.1. The van der Waals surface area contributed by atoms with Crippen LogP contribution in [0.3, 0.4) is 0 Å². The van der Waals surface area contributed by atoms with Gasteiger partial charge in [-0.1, -0.05) is 12.1 Å². The fourth-order valence-corrected chi connectivity index (χ4v) is 1.97. The van der Waals surface area contributed by atoms with Crippen LogP contribution in [0.2, 0.25) is 0 Å². The zero-order valence-corrected chi connectivity index (χ0v) is 10.7. The van der Waals surface area contributed by atoms with Crippen molar-refractivity contribution in [2.24, 2.45) is 11.0 Å². The highest BCUT2D eigenvalue weighted by molar-refractivity contribution is 6.17. The van der Waals surface area contributed by atoms with Crippen molar-refractivity contribution in [2.45, 2.75) is 26.9 Å². The molecule has 1 aromatic carbocycles. The van der Waals surface area contributed by atoms with Gasteiger partial charge < -0.3 is 0 Å². The summed E-state index contributed by atoms with van der Waals surface area (Å²) in [5.74, 6) is -1.92. The molecule has 0 saturated carbocycles. The molecule has 6 heteroatoms. The minimum atomic E-state index is -4.58. The monoisotopic (exact) mass is 270 g/mol. The number of anilines is 1. The van der Waals surface area contributed by atoms with Gasteiger partial charge in [-0.05, 0) is 38.0 Å². The van der Waals surface area contributed by atoms with Crippen LogP contribution in [0, 0.1) is 19.8 Å². The van der Waals surface area contributed by atoms with Gasteiger partial charge in [0.15, 0.2) is 5.71 Å². The van der Waals surface area contributed by atoms with Gasteiger partial charge in [-0.15, -0.1) is 0 Å². The van der Waals surface area contributed by atoms with Crippen molar-refractivity contribution in [3.8, 4) is 0 Å². The second-order valence-electron chi connectivity index (χ2n) is 4.64. The number of rotatable bonds is 1. The van der Waals surface area contributed by atoms with Gasteiger partial charge in [0.2, 0.25) is 0 Å². The van der Waals surface area contributed by atoms with Gasteiger partial charge in [-0.25, -0.2) is 0 Å². The van der Waals surface area contributed by atoms with Crippen LogP contribution in [-0.2, 0) is 4.79 Å². The zero-order valence-electron chi connectivity index (χ0n) is 10.7. The Kier molecular flexibility index (Phi) is 3.12. The molecule has 0 N–H and O–H groups in total. The van der Waals surface area contributed by atoms with E-state index in [4.69, 9.17) is 0 Å². The van der Waals surface area contributed by atoms with E-state index >= 15 is 0 Å². The minimum absolute atomic E-state index is 0.399. The fourth-order valence-electron chi connectivity index (χ4n) is 1.97. The van der Waals surface area contributed by atoms with Crippen LogP contribution in [0.5, 0.6) is 0 Å². The van der Waals surface area contributed by atoms with Crippen molar-refractivity contribution < 1.29 is 18.0 Å². The summed E-state index contributed by atoms with van der Waals surface area (Å²) in [6.45, 7) is 4.76. The number of carbonyl (C=O) groups is 1. The molecule has 0 saturated heterocycles. The number of hydrogen-bond acceptors (Lipinski definition) is 2. The van der Waals surface area contributed by atoms with E-state index in [0.717, 1.165) is 10.6 Å². The van der Waals surface area contributed by atoms with Crippen molar-refractivity contribution >= 4 is 17.3 Å². The summed E-state index contributed by atoms with van der Waals surface area (Å²) in [5, 5.41) is 4.33. The molecule has 1 amide bonds. The van der Waals surface area contributed by atoms with E-state index in [2.05, 4.69) is 5.10 Å². The summed E-state index contributed by atoms with van der Waals surface area (Å²) in [6, 6.07) is 5.24. The normalized spacial score (nSPS) is 19.9. The van der Waals surface area contributed by atoms with E-state index < -0.39 is 23.7 Å². The van der Waals surface area contributed by atoms with Crippen LogP contribution in [0.1, 0.15) is 18.1 Å². The van der Waals surface area contributed by atoms with Crippen molar-refractivity contribution in [3.05, 3.63) is 29.3 Å². The number of nitrogens with zero attached hydrogens (tertiary/aromatic N) is 2. The Morgan fingerprint density at radius 3 is 2.42 bits per heavy atom. The largest absolute Gasteiger partial charge is 0.432 e. The topological polar surface area (TPSA) is 32.7 Å². The summed E-state index contributed by atoms with van der Waals surface area (Å²) in [7, 11) is 0. The van der Waals surface area contributed by atoms with Crippen LogP contribution >= 0.6 is 0 Å². The molecule has 1 aliphatic heterocycles. The summed E-state index contributed by atoms with van der Waals surface area (Å²) >= 11 is 0. The third kappa shape index (κ3) is 2.34. The van der Waals surface area contributed by atoms with Crippen LogP contribution in [0.15, 0.2) is 23.3 Å². The number of hydrogen-bond donors (Lipinski definition) is 0. The van der Waals surface area contributed by atoms with E-state index in [0.29, 0.717) is 11.3 Å². The average molecular weight is 270 g/mol. The van der Waals surface area contributed by atoms with Gasteiger partial charge in [0.25, 0.3) is 5.91 Å². The zero-order chi connectivity index (χ0) is 14.4. The average Bonchev–Trinajstić information content (AvgIpc) is 2.59. The molecule has 0 fully saturated rings. The molecule has 2 rings (SSSR count). The molecule has 0 spiro atoms. The Labute approximate surface area is 108 Å². The third-order valence-electron chi connectivity index (χ3n) is 3.08. The Morgan fingerprint density at radius 1 is 1.26 bits per heavy atom. The number of alkyl halides is 3. The Hall–Kier alpha value is -1.85. The summed E-state index contributed by atoms with van der Waals surface area (Å²) < 4.78 is 38.2. The van der Waals surface area contributed by atoms with Crippen molar-refractivity contribution in [1.82, 2.24) is 0 Å². The molecule has 3 nitrogen and oxygen atoms in total. The number of halogens is 3. The quantitative estimate of drug-likeness (QED) is 0.771. The molecule has 0 aliphatic carbocycles. The van der Waals surface area contributed by atoms with E-state index in [1.54, 1.807) is 26.0 Å². The molecule has 1 aromatic rings. The van der Waals surface area contributed by atoms with Crippen molar-refractivity contribution in [1.29, 1.82) is 0 Å². The SMILES string of the molecule is Cc1ccc(C)c(N2N=C(C(F)(F)F)C(C)C2=O)c1. The highest BCUT2D eigenvalue weighted by atomic mass is 19.4. The van der Waals surface area contributed by atoms with Gasteiger partial charge >= 0.3 is 6.18 Å². The second-order valence-corrected chi connectivity index (χ2v) is 4.64. The molecular formula is C13H13F3N2O. The molecule has 1 heterocycles. The first-order chi connectivity index (χ1) is 8.71. The highest BCUT2D eigenvalue weighted by Gasteiger charge is 2.48. The minimum Gasteiger partial charge on any atom is -0.272 e. The van der Waals surface area contributed by atoms with E-state index in [-0.39, 0.29) is 0 Å². The first-order valence-electron chi connectivity index (χ1n) is 5.78. The standard InChI is InChI=1S/C13H13F3N2O/c1-7-4-5-8(2)10(6-7)18-12(19)9(3)11(17-18)13(14,15)16/h4-6,9H,1-3H3. The Bertz CT molecular complexity index is 563. The third-order valence-corrected chi connectivity index (χ3v) is 3.08. The molecule has 0 aromatic heterocycles. The number of aryl methyl sites for hydroxylation is 2. The smallest absolute Gasteiger partial charge is 0.272 e. The van der Waals surface area contributed by atoms with Crippen LogP contribution < -0.4 is 5.01 Å². The van der Waals surface area contributed by atoms with Crippen molar-refractivity contribution in [2.75, 3.05) is 5.01 Å². The van der Waals surface area contributed by atoms with Crippen LogP contribution in [-0.4, -0.2) is 17.8 Å². The van der Waals surface area contributed by atoms with E-state index in [9.17, 15) is 18.0 Å². The fraction of sp³-hybridized carbons (Fsp3) is 0.385. The lowest BCUT2D eigenvalue weighted by molar-refractivity contribution is -0.120. The summed E-state index contributed by atoms with van der Waals surface area (Å²) in [5.41, 5.74) is 0.921. The van der Waals surface area contributed by atoms with Crippen molar-refractivity contribution in [3.63, 3.8) is 0 Å². The highest BCUT2D eigenvalue weighted by Crippen LogP contribution is 2.33. The molecule has 1 unspecified atom stereocenters. The second kappa shape index (κ2) is 4.36. The molecule has 102 valence electrons. The molecule has 1 aliphatic rings. The first kappa shape index (κ1) is 13.6. The van der Waals surface area contributed by atoms with E-state index in [1.165, 1.54) is 6.92 Å². The Morgan fingerprint density at radius 2 is 1.89 bits per heavy atom. The van der Waals surface area contributed by atoms with Crippen LogP contribution in [0.4, 0.5) is 18.9 Å².